The van der Waals surface area contributed by atoms with E-state index in [1.807, 2.05) is 19.1 Å². The van der Waals surface area contributed by atoms with Crippen LogP contribution in [0.5, 0.6) is 11.5 Å². The summed E-state index contributed by atoms with van der Waals surface area (Å²) in [6, 6.07) is 17.0. The minimum Gasteiger partial charge on any atom is -0.508 e. The number of hydrogen-bond acceptors (Lipinski definition) is 6. The van der Waals surface area contributed by atoms with Crippen LogP contribution in [0.2, 0.25) is 0 Å². The Kier molecular flexibility index (Phi) is 7.41. The lowest BCUT2D eigenvalue weighted by molar-refractivity contribution is -0.124. The highest BCUT2D eigenvalue weighted by Gasteiger charge is 2.31. The number of benzene rings is 3. The fraction of sp³-hybridized carbons (Fsp3) is 0.241. The number of esters is 1. The Bertz CT molecular complexity index is 1300. The van der Waals surface area contributed by atoms with Gasteiger partial charge in [0.15, 0.2) is 0 Å². The number of methoxy groups -OCH3 is 1. The molecule has 0 bridgehead atoms. The molecule has 1 aliphatic rings. The third kappa shape index (κ3) is 5.58. The molecule has 0 aliphatic carbocycles. The number of likely N-dealkylation sites (tertiary alicyclic amines) is 1. The molecule has 1 fully saturated rings. The highest BCUT2D eigenvalue weighted by Crippen LogP contribution is 2.31. The van der Waals surface area contributed by atoms with E-state index in [0.717, 1.165) is 41.6 Å². The van der Waals surface area contributed by atoms with E-state index in [9.17, 15) is 19.8 Å². The summed E-state index contributed by atoms with van der Waals surface area (Å²) in [4.78, 5) is 26.9. The van der Waals surface area contributed by atoms with Crippen LogP contribution in [0.3, 0.4) is 0 Å². The van der Waals surface area contributed by atoms with Crippen LogP contribution in [-0.4, -0.2) is 46.7 Å². The van der Waals surface area contributed by atoms with Crippen molar-refractivity contribution >= 4 is 17.6 Å². The number of phenols is 2. The van der Waals surface area contributed by atoms with Crippen molar-refractivity contribution in [3.05, 3.63) is 89.5 Å². The second-order valence-corrected chi connectivity index (χ2v) is 9.05. The van der Waals surface area contributed by atoms with Gasteiger partial charge in [-0.3, -0.25) is 9.69 Å². The van der Waals surface area contributed by atoms with Crippen LogP contribution in [0, 0.1) is 6.92 Å². The third-order valence-corrected chi connectivity index (χ3v) is 6.48. The van der Waals surface area contributed by atoms with Crippen LogP contribution in [-0.2, 0) is 16.1 Å². The number of hydrogen-bond donors (Lipinski definition) is 3. The second-order valence-electron chi connectivity index (χ2n) is 9.05. The lowest BCUT2D eigenvalue weighted by atomic mass is 9.98. The molecule has 36 heavy (non-hydrogen) atoms. The van der Waals surface area contributed by atoms with Crippen LogP contribution in [0.4, 0.5) is 0 Å². The van der Waals surface area contributed by atoms with Crippen molar-refractivity contribution < 1.29 is 24.5 Å². The number of ether oxygens (including phenoxy) is 1. The molecule has 3 N–H and O–H groups in total. The maximum absolute atomic E-state index is 13.1. The zero-order valence-corrected chi connectivity index (χ0v) is 20.5. The summed E-state index contributed by atoms with van der Waals surface area (Å²) in [6.07, 6.45) is 1.62. The number of carbonyl (C=O) groups excluding carboxylic acids is 2. The summed E-state index contributed by atoms with van der Waals surface area (Å²) in [5.41, 5.74) is 5.18. The Labute approximate surface area is 210 Å². The van der Waals surface area contributed by atoms with Gasteiger partial charge in [-0.15, -0.1) is 0 Å². The van der Waals surface area contributed by atoms with Crippen LogP contribution in [0.15, 0.2) is 67.2 Å². The van der Waals surface area contributed by atoms with Gasteiger partial charge >= 0.3 is 5.97 Å². The zero-order chi connectivity index (χ0) is 25.8. The first-order chi connectivity index (χ1) is 17.2. The maximum Gasteiger partial charge on any atom is 0.337 e. The SMILES string of the molecule is C=C(NC(=O)[C@H]1CCCN1Cc1cc(O)cc(-c2ccc(O)cc2C)c1)c1ccc(C(=O)OC)cc1. The summed E-state index contributed by atoms with van der Waals surface area (Å²) < 4.78 is 4.72. The van der Waals surface area contributed by atoms with E-state index in [4.69, 9.17) is 4.74 Å². The number of aromatic hydroxyl groups is 2. The van der Waals surface area contributed by atoms with Crippen LogP contribution < -0.4 is 5.32 Å². The van der Waals surface area contributed by atoms with Gasteiger partial charge in [0.25, 0.3) is 0 Å². The fourth-order valence-electron chi connectivity index (χ4n) is 4.67. The zero-order valence-electron chi connectivity index (χ0n) is 20.5. The summed E-state index contributed by atoms with van der Waals surface area (Å²) in [5.74, 6) is -0.208. The molecule has 1 amide bonds. The molecule has 1 saturated heterocycles. The minimum absolute atomic E-state index is 0.135. The molecule has 4 rings (SSSR count). The third-order valence-electron chi connectivity index (χ3n) is 6.48. The largest absolute Gasteiger partial charge is 0.508 e. The number of aryl methyl sites for hydroxylation is 1. The average Bonchev–Trinajstić information content (AvgIpc) is 3.31. The van der Waals surface area contributed by atoms with Crippen molar-refractivity contribution in [3.63, 3.8) is 0 Å². The smallest absolute Gasteiger partial charge is 0.337 e. The molecular weight excluding hydrogens is 456 g/mol. The van der Waals surface area contributed by atoms with E-state index < -0.39 is 5.97 Å². The van der Waals surface area contributed by atoms with Gasteiger partial charge < -0.3 is 20.3 Å². The van der Waals surface area contributed by atoms with E-state index in [1.54, 1.807) is 48.5 Å². The number of nitrogens with one attached hydrogen (secondary N) is 1. The Hall–Kier alpha value is -4.10. The lowest BCUT2D eigenvalue weighted by Gasteiger charge is -2.24. The lowest BCUT2D eigenvalue weighted by Crippen LogP contribution is -2.42. The Balaban J connectivity index is 1.46. The van der Waals surface area contributed by atoms with E-state index in [1.165, 1.54) is 7.11 Å². The Morgan fingerprint density at radius 1 is 1.03 bits per heavy atom. The molecule has 0 spiro atoms. The first-order valence-electron chi connectivity index (χ1n) is 11.8. The molecule has 0 aromatic heterocycles. The van der Waals surface area contributed by atoms with E-state index in [-0.39, 0.29) is 23.4 Å². The molecule has 3 aromatic rings. The van der Waals surface area contributed by atoms with Gasteiger partial charge in [-0.1, -0.05) is 24.8 Å². The van der Waals surface area contributed by atoms with E-state index in [2.05, 4.69) is 16.8 Å². The summed E-state index contributed by atoms with van der Waals surface area (Å²) in [7, 11) is 1.33. The molecule has 0 radical (unpaired) electrons. The molecule has 3 aromatic carbocycles. The van der Waals surface area contributed by atoms with Gasteiger partial charge in [-0.25, -0.2) is 4.79 Å². The Morgan fingerprint density at radius 2 is 1.75 bits per heavy atom. The van der Waals surface area contributed by atoms with Gasteiger partial charge in [0.2, 0.25) is 5.91 Å². The highest BCUT2D eigenvalue weighted by molar-refractivity contribution is 5.92. The van der Waals surface area contributed by atoms with Crippen molar-refractivity contribution in [1.82, 2.24) is 10.2 Å². The molecule has 0 saturated carbocycles. The first kappa shape index (κ1) is 25.0. The average molecular weight is 487 g/mol. The van der Waals surface area contributed by atoms with Gasteiger partial charge in [0, 0.05) is 12.2 Å². The molecule has 7 nitrogen and oxygen atoms in total. The normalized spacial score (nSPS) is 15.4. The van der Waals surface area contributed by atoms with Crippen LogP contribution in [0.1, 0.15) is 39.9 Å². The molecule has 7 heteroatoms. The standard InChI is InChI=1S/C29H30N2O5/c1-18-13-24(32)10-11-26(18)23-14-20(15-25(33)16-23)17-31-12-4-5-27(31)28(34)30-19(2)21-6-8-22(9-7-21)29(35)36-3/h6-11,13-16,27,32-33H,2,4-5,12,17H2,1,3H3,(H,30,34)/t27-/m1/s1. The van der Waals surface area contributed by atoms with Gasteiger partial charge in [0.05, 0.1) is 18.7 Å². The van der Waals surface area contributed by atoms with E-state index in [0.29, 0.717) is 23.4 Å². The number of nitrogens with zero attached hydrogens (tertiary/aromatic N) is 1. The van der Waals surface area contributed by atoms with Crippen molar-refractivity contribution in [3.8, 4) is 22.6 Å². The van der Waals surface area contributed by atoms with Gasteiger partial charge in [-0.2, -0.15) is 0 Å². The molecule has 1 heterocycles. The summed E-state index contributed by atoms with van der Waals surface area (Å²) in [5, 5.41) is 23.0. The monoisotopic (exact) mass is 486 g/mol. The molecule has 186 valence electrons. The minimum atomic E-state index is -0.423. The van der Waals surface area contributed by atoms with Gasteiger partial charge in [-0.05, 0) is 96.6 Å². The molecular formula is C29H30N2O5. The second kappa shape index (κ2) is 10.7. The highest BCUT2D eigenvalue weighted by atomic mass is 16.5. The first-order valence-corrected chi connectivity index (χ1v) is 11.8. The van der Waals surface area contributed by atoms with Gasteiger partial charge in [0.1, 0.15) is 11.5 Å². The number of rotatable bonds is 7. The van der Waals surface area contributed by atoms with E-state index >= 15 is 0 Å². The Morgan fingerprint density at radius 3 is 2.44 bits per heavy atom. The fourth-order valence-corrected chi connectivity index (χ4v) is 4.67. The molecule has 1 atom stereocenters. The quantitative estimate of drug-likeness (QED) is 0.422. The molecule has 0 unspecified atom stereocenters. The molecule has 1 aliphatic heterocycles. The predicted molar refractivity (Wildman–Crippen MR) is 138 cm³/mol. The number of amides is 1. The maximum atomic E-state index is 13.1. The van der Waals surface area contributed by atoms with Crippen molar-refractivity contribution in [2.24, 2.45) is 0 Å². The summed E-state index contributed by atoms with van der Waals surface area (Å²) >= 11 is 0. The van der Waals surface area contributed by atoms with Crippen LogP contribution in [0.25, 0.3) is 16.8 Å². The van der Waals surface area contributed by atoms with Crippen molar-refractivity contribution in [2.75, 3.05) is 13.7 Å². The van der Waals surface area contributed by atoms with Crippen molar-refractivity contribution in [1.29, 1.82) is 0 Å². The number of phenolic OH excluding ortho intramolecular Hbond substituents is 2. The topological polar surface area (TPSA) is 99.1 Å². The summed E-state index contributed by atoms with van der Waals surface area (Å²) in [6.45, 7) is 7.18. The van der Waals surface area contributed by atoms with Crippen LogP contribution >= 0.6 is 0 Å². The number of carbonyl (C=O) groups is 2. The van der Waals surface area contributed by atoms with Crippen molar-refractivity contribution in [2.45, 2.75) is 32.4 Å². The predicted octanol–water partition coefficient (Wildman–Crippen LogP) is 4.61.